The number of carbonyl (C=O) groups is 1. The fourth-order valence-electron chi connectivity index (χ4n) is 1.93. The molecule has 0 bridgehead atoms. The van der Waals surface area contributed by atoms with Gasteiger partial charge in [-0.15, -0.1) is 0 Å². The highest BCUT2D eigenvalue weighted by Crippen LogP contribution is 2.24. The van der Waals surface area contributed by atoms with Gasteiger partial charge in [-0.2, -0.15) is 0 Å². The van der Waals surface area contributed by atoms with Crippen molar-refractivity contribution in [1.82, 2.24) is 0 Å². The van der Waals surface area contributed by atoms with Crippen molar-refractivity contribution in [1.29, 1.82) is 0 Å². The fraction of sp³-hybridized carbons (Fsp3) is 0.235. The van der Waals surface area contributed by atoms with Gasteiger partial charge in [0.2, 0.25) is 0 Å². The molecule has 2 aromatic rings. The van der Waals surface area contributed by atoms with Gasteiger partial charge in [-0.25, -0.2) is 0 Å². The zero-order chi connectivity index (χ0) is 15.1. The first-order valence-corrected chi connectivity index (χ1v) is 8.31. The number of carbonyl (C=O) groups excluding carboxylic acids is 1. The van der Waals surface area contributed by atoms with Crippen molar-refractivity contribution in [3.05, 3.63) is 59.7 Å². The average molecular weight is 396 g/mol. The zero-order valence-corrected chi connectivity index (χ0v) is 14.0. The maximum absolute atomic E-state index is 11.5. The first kappa shape index (κ1) is 15.8. The lowest BCUT2D eigenvalue weighted by Gasteiger charge is -2.08. The Hall–Kier alpha value is -1.56. The Kier molecular flexibility index (Phi) is 6.04. The Morgan fingerprint density at radius 3 is 2.29 bits per heavy atom. The Bertz CT molecular complexity index is 610. The summed E-state index contributed by atoms with van der Waals surface area (Å²) in [5.74, 6) is 1.31. The molecule has 0 aliphatic carbocycles. The molecule has 0 aliphatic heterocycles. The third-order valence-electron chi connectivity index (χ3n) is 2.84. The number of hydrogen-bond donors (Lipinski definition) is 0. The highest BCUT2D eigenvalue weighted by atomic mass is 127. The average Bonchev–Trinajstić information content (AvgIpc) is 2.48. The van der Waals surface area contributed by atoms with Crippen LogP contribution in [0.1, 0.15) is 18.1 Å². The molecule has 3 nitrogen and oxygen atoms in total. The molecule has 0 unspecified atom stereocenters. The molecule has 110 valence electrons. The van der Waals surface area contributed by atoms with Gasteiger partial charge in [0.1, 0.15) is 11.5 Å². The van der Waals surface area contributed by atoms with Crippen LogP contribution in [-0.4, -0.2) is 12.6 Å². The van der Waals surface area contributed by atoms with Gasteiger partial charge in [-0.05, 0) is 42.3 Å². The smallest absolute Gasteiger partial charge is 0.310 e. The lowest BCUT2D eigenvalue weighted by atomic mass is 10.1. The molecule has 0 saturated heterocycles. The molecule has 0 radical (unpaired) electrons. The second-order valence-electron chi connectivity index (χ2n) is 4.51. The quantitative estimate of drug-likeness (QED) is 0.409. The number of rotatable bonds is 6. The largest absolute Gasteiger partial charge is 0.466 e. The molecule has 0 atom stereocenters. The lowest BCUT2D eigenvalue weighted by Crippen LogP contribution is -2.07. The number of halogens is 1. The number of alkyl halides is 1. The van der Waals surface area contributed by atoms with Crippen LogP contribution in [0.4, 0.5) is 0 Å². The second kappa shape index (κ2) is 8.02. The molecule has 0 saturated carbocycles. The van der Waals surface area contributed by atoms with Crippen molar-refractivity contribution in [3.63, 3.8) is 0 Å². The molecule has 0 fully saturated rings. The van der Waals surface area contributed by atoms with Gasteiger partial charge in [0.05, 0.1) is 13.0 Å². The second-order valence-corrected chi connectivity index (χ2v) is 5.28. The van der Waals surface area contributed by atoms with Crippen molar-refractivity contribution in [3.8, 4) is 11.5 Å². The van der Waals surface area contributed by atoms with Gasteiger partial charge in [-0.1, -0.05) is 46.9 Å². The maximum atomic E-state index is 11.5. The number of ether oxygens (including phenoxy) is 2. The monoisotopic (exact) mass is 396 g/mol. The van der Waals surface area contributed by atoms with E-state index in [1.807, 2.05) is 42.5 Å². The lowest BCUT2D eigenvalue weighted by molar-refractivity contribution is -0.142. The predicted octanol–water partition coefficient (Wildman–Crippen LogP) is 4.52. The van der Waals surface area contributed by atoms with Gasteiger partial charge >= 0.3 is 5.97 Å². The van der Waals surface area contributed by atoms with E-state index in [0.717, 1.165) is 21.5 Å². The summed E-state index contributed by atoms with van der Waals surface area (Å²) in [5.41, 5.74) is 2.10. The summed E-state index contributed by atoms with van der Waals surface area (Å²) in [6.07, 6.45) is 0.263. The van der Waals surface area contributed by atoms with Gasteiger partial charge in [0.25, 0.3) is 0 Å². The van der Waals surface area contributed by atoms with E-state index in [1.54, 1.807) is 6.92 Å². The molecule has 2 rings (SSSR count). The summed E-state index contributed by atoms with van der Waals surface area (Å²) in [4.78, 5) is 11.5. The maximum Gasteiger partial charge on any atom is 0.310 e. The Labute approximate surface area is 138 Å². The molecular formula is C17H17IO3. The third kappa shape index (κ3) is 5.04. The van der Waals surface area contributed by atoms with E-state index in [2.05, 4.69) is 28.7 Å². The van der Waals surface area contributed by atoms with Crippen molar-refractivity contribution >= 4 is 28.6 Å². The van der Waals surface area contributed by atoms with Crippen LogP contribution in [-0.2, 0) is 20.4 Å². The number of esters is 1. The van der Waals surface area contributed by atoms with Crippen LogP contribution in [0.2, 0.25) is 0 Å². The van der Waals surface area contributed by atoms with E-state index >= 15 is 0 Å². The Morgan fingerprint density at radius 2 is 1.67 bits per heavy atom. The summed E-state index contributed by atoms with van der Waals surface area (Å²) in [5, 5.41) is 0. The fourth-order valence-corrected chi connectivity index (χ4v) is 2.40. The highest BCUT2D eigenvalue weighted by Gasteiger charge is 2.05. The predicted molar refractivity (Wildman–Crippen MR) is 91.0 cm³/mol. The molecule has 4 heteroatoms. The summed E-state index contributed by atoms with van der Waals surface area (Å²) >= 11 is 2.32. The van der Waals surface area contributed by atoms with Crippen LogP contribution in [0.3, 0.4) is 0 Å². The molecule has 0 aromatic heterocycles. The first-order valence-electron chi connectivity index (χ1n) is 6.78. The molecule has 21 heavy (non-hydrogen) atoms. The van der Waals surface area contributed by atoms with E-state index in [9.17, 15) is 4.79 Å². The van der Waals surface area contributed by atoms with Crippen LogP contribution >= 0.6 is 22.6 Å². The van der Waals surface area contributed by atoms with Crippen molar-refractivity contribution in [2.45, 2.75) is 17.8 Å². The van der Waals surface area contributed by atoms with E-state index in [1.165, 1.54) is 5.56 Å². The van der Waals surface area contributed by atoms with Crippen LogP contribution in [0, 0.1) is 0 Å². The minimum Gasteiger partial charge on any atom is -0.466 e. The summed E-state index contributed by atoms with van der Waals surface area (Å²) in [7, 11) is 0. The van der Waals surface area contributed by atoms with E-state index in [-0.39, 0.29) is 12.4 Å². The molecule has 0 aliphatic rings. The highest BCUT2D eigenvalue weighted by molar-refractivity contribution is 14.1. The molecule has 2 aromatic carbocycles. The minimum absolute atomic E-state index is 0.221. The zero-order valence-electron chi connectivity index (χ0n) is 11.8. The van der Waals surface area contributed by atoms with Crippen molar-refractivity contribution < 1.29 is 14.3 Å². The van der Waals surface area contributed by atoms with Gasteiger partial charge in [-0.3, -0.25) is 4.79 Å². The topological polar surface area (TPSA) is 35.5 Å². The van der Waals surface area contributed by atoms with E-state index < -0.39 is 0 Å². The van der Waals surface area contributed by atoms with Gasteiger partial charge in [0, 0.05) is 4.43 Å². The van der Waals surface area contributed by atoms with Gasteiger partial charge in [0.15, 0.2) is 0 Å². The Morgan fingerprint density at radius 1 is 1.05 bits per heavy atom. The molecule has 0 heterocycles. The van der Waals surface area contributed by atoms with Crippen molar-refractivity contribution in [2.24, 2.45) is 0 Å². The molecular weight excluding hydrogens is 379 g/mol. The molecule has 0 spiro atoms. The van der Waals surface area contributed by atoms with Crippen LogP contribution in [0.5, 0.6) is 11.5 Å². The molecule has 0 amide bonds. The van der Waals surface area contributed by atoms with Gasteiger partial charge < -0.3 is 9.47 Å². The summed E-state index contributed by atoms with van der Waals surface area (Å²) in [6.45, 7) is 2.20. The van der Waals surface area contributed by atoms with Crippen molar-refractivity contribution in [2.75, 3.05) is 6.61 Å². The standard InChI is InChI=1S/C17H17IO3/c1-2-20-17(19)11-13-5-3-7-15(9-13)21-16-8-4-6-14(10-16)12-18/h3-10H,2,11-12H2,1H3. The SMILES string of the molecule is CCOC(=O)Cc1cccc(Oc2cccc(CI)c2)c1. The Balaban J connectivity index is 2.08. The normalized spacial score (nSPS) is 10.2. The number of hydrogen-bond acceptors (Lipinski definition) is 3. The van der Waals surface area contributed by atoms with E-state index in [0.29, 0.717) is 6.61 Å². The van der Waals surface area contributed by atoms with Crippen LogP contribution in [0.25, 0.3) is 0 Å². The minimum atomic E-state index is -0.221. The number of benzene rings is 2. The summed E-state index contributed by atoms with van der Waals surface area (Å²) < 4.78 is 11.7. The third-order valence-corrected chi connectivity index (χ3v) is 3.72. The summed E-state index contributed by atoms with van der Waals surface area (Å²) in [6, 6.07) is 15.5. The molecule has 0 N–H and O–H groups in total. The first-order chi connectivity index (χ1) is 10.2. The van der Waals surface area contributed by atoms with Crippen LogP contribution in [0.15, 0.2) is 48.5 Å². The van der Waals surface area contributed by atoms with E-state index in [4.69, 9.17) is 9.47 Å². The van der Waals surface area contributed by atoms with Crippen LogP contribution < -0.4 is 4.74 Å².